The van der Waals surface area contributed by atoms with Crippen LogP contribution in [0, 0.1) is 5.82 Å². The zero-order valence-electron chi connectivity index (χ0n) is 11.3. The summed E-state index contributed by atoms with van der Waals surface area (Å²) in [7, 11) is 0. The maximum Gasteiger partial charge on any atom is 0.250 e. The van der Waals surface area contributed by atoms with E-state index in [1.165, 1.54) is 4.90 Å². The SMILES string of the molecule is CC1C(=O)N2CCCC2C(=O)N1c1c(Cl)cc(F)cc1Cl. The fourth-order valence-corrected chi connectivity index (χ4v) is 3.70. The molecule has 2 fully saturated rings. The molecular weight excluding hydrogens is 318 g/mol. The Morgan fingerprint density at radius 3 is 2.43 bits per heavy atom. The zero-order valence-corrected chi connectivity index (χ0v) is 12.8. The molecule has 3 rings (SSSR count). The van der Waals surface area contributed by atoms with Crippen molar-refractivity contribution in [3.05, 3.63) is 28.0 Å². The van der Waals surface area contributed by atoms with Crippen molar-refractivity contribution < 1.29 is 14.0 Å². The number of benzene rings is 1. The number of hydrogen-bond acceptors (Lipinski definition) is 2. The first kappa shape index (κ1) is 14.6. The van der Waals surface area contributed by atoms with Gasteiger partial charge >= 0.3 is 0 Å². The maximum absolute atomic E-state index is 13.3. The summed E-state index contributed by atoms with van der Waals surface area (Å²) in [6, 6.07) is 1.01. The van der Waals surface area contributed by atoms with Crippen LogP contribution in [0.1, 0.15) is 19.8 Å². The fourth-order valence-electron chi connectivity index (χ4n) is 3.06. The summed E-state index contributed by atoms with van der Waals surface area (Å²) < 4.78 is 13.3. The van der Waals surface area contributed by atoms with Gasteiger partial charge in [-0.2, -0.15) is 0 Å². The first-order valence-corrected chi connectivity index (χ1v) is 7.45. The minimum Gasteiger partial charge on any atom is -0.329 e. The highest BCUT2D eigenvalue weighted by Crippen LogP contribution is 2.39. The largest absolute Gasteiger partial charge is 0.329 e. The monoisotopic (exact) mass is 330 g/mol. The molecule has 112 valence electrons. The van der Waals surface area contributed by atoms with Crippen LogP contribution in [-0.2, 0) is 9.59 Å². The fraction of sp³-hybridized carbons (Fsp3) is 0.429. The van der Waals surface area contributed by atoms with E-state index in [1.807, 2.05) is 0 Å². The lowest BCUT2D eigenvalue weighted by Crippen LogP contribution is -2.62. The number of piperazine rings is 1. The van der Waals surface area contributed by atoms with Gasteiger partial charge < -0.3 is 4.90 Å². The molecule has 0 saturated carbocycles. The molecule has 1 aromatic rings. The molecule has 2 aliphatic rings. The summed E-state index contributed by atoms with van der Waals surface area (Å²) in [5.74, 6) is -0.928. The topological polar surface area (TPSA) is 40.6 Å². The van der Waals surface area contributed by atoms with Crippen LogP contribution in [0.4, 0.5) is 10.1 Å². The molecule has 2 aliphatic heterocycles. The second-order valence-electron chi connectivity index (χ2n) is 5.29. The van der Waals surface area contributed by atoms with Gasteiger partial charge in [-0.05, 0) is 31.9 Å². The van der Waals surface area contributed by atoms with Crippen LogP contribution in [-0.4, -0.2) is 35.3 Å². The Kier molecular flexibility index (Phi) is 3.58. The second kappa shape index (κ2) is 5.14. The van der Waals surface area contributed by atoms with Gasteiger partial charge in [-0.25, -0.2) is 4.39 Å². The van der Waals surface area contributed by atoms with E-state index in [4.69, 9.17) is 23.2 Å². The molecule has 0 bridgehead atoms. The van der Waals surface area contributed by atoms with Gasteiger partial charge in [0.05, 0.1) is 15.7 Å². The smallest absolute Gasteiger partial charge is 0.250 e. The van der Waals surface area contributed by atoms with Gasteiger partial charge in [0.1, 0.15) is 17.9 Å². The number of carbonyl (C=O) groups excluding carboxylic acids is 2. The molecule has 0 aromatic heterocycles. The summed E-state index contributed by atoms with van der Waals surface area (Å²) in [4.78, 5) is 28.0. The van der Waals surface area contributed by atoms with E-state index in [-0.39, 0.29) is 27.5 Å². The Bertz CT molecular complexity index is 614. The van der Waals surface area contributed by atoms with Gasteiger partial charge in [-0.3, -0.25) is 14.5 Å². The number of anilines is 1. The van der Waals surface area contributed by atoms with Crippen molar-refractivity contribution in [1.82, 2.24) is 4.90 Å². The molecule has 2 heterocycles. The predicted octanol–water partition coefficient (Wildman–Crippen LogP) is 2.86. The minimum absolute atomic E-state index is 0.0273. The number of fused-ring (bicyclic) bond motifs is 1. The van der Waals surface area contributed by atoms with E-state index in [9.17, 15) is 14.0 Å². The molecule has 7 heteroatoms. The first-order chi connectivity index (χ1) is 9.91. The number of nitrogens with zero attached hydrogens (tertiary/aromatic N) is 2. The average molecular weight is 331 g/mol. The molecule has 2 saturated heterocycles. The van der Waals surface area contributed by atoms with E-state index in [0.29, 0.717) is 13.0 Å². The molecular formula is C14H13Cl2FN2O2. The molecule has 21 heavy (non-hydrogen) atoms. The maximum atomic E-state index is 13.3. The van der Waals surface area contributed by atoms with E-state index in [1.54, 1.807) is 11.8 Å². The number of carbonyl (C=O) groups is 2. The van der Waals surface area contributed by atoms with Gasteiger partial charge in [0.15, 0.2) is 0 Å². The van der Waals surface area contributed by atoms with Crippen molar-refractivity contribution in [2.24, 2.45) is 0 Å². The van der Waals surface area contributed by atoms with Gasteiger partial charge in [0, 0.05) is 6.54 Å². The molecule has 0 radical (unpaired) electrons. The van der Waals surface area contributed by atoms with Crippen molar-refractivity contribution in [2.45, 2.75) is 31.8 Å². The second-order valence-corrected chi connectivity index (χ2v) is 6.11. The summed E-state index contributed by atoms with van der Waals surface area (Å²) in [5, 5.41) is 0.0545. The lowest BCUT2D eigenvalue weighted by atomic mass is 10.0. The first-order valence-electron chi connectivity index (χ1n) is 6.70. The molecule has 0 spiro atoms. The number of halogens is 3. The molecule has 0 N–H and O–H groups in total. The van der Waals surface area contributed by atoms with Crippen molar-refractivity contribution >= 4 is 40.7 Å². The molecule has 2 unspecified atom stereocenters. The summed E-state index contributed by atoms with van der Waals surface area (Å²) >= 11 is 12.1. The lowest BCUT2D eigenvalue weighted by Gasteiger charge is -2.41. The Morgan fingerprint density at radius 1 is 1.19 bits per heavy atom. The predicted molar refractivity (Wildman–Crippen MR) is 78.1 cm³/mol. The van der Waals surface area contributed by atoms with Crippen molar-refractivity contribution in [3.8, 4) is 0 Å². The van der Waals surface area contributed by atoms with Crippen LogP contribution >= 0.6 is 23.2 Å². The third kappa shape index (κ3) is 2.19. The molecule has 1 aromatic carbocycles. The zero-order chi connectivity index (χ0) is 15.3. The Hall–Kier alpha value is -1.33. The Morgan fingerprint density at radius 2 is 1.81 bits per heavy atom. The van der Waals surface area contributed by atoms with Crippen LogP contribution in [0.2, 0.25) is 10.0 Å². The van der Waals surface area contributed by atoms with Gasteiger partial charge in [0.25, 0.3) is 5.91 Å². The highest BCUT2D eigenvalue weighted by atomic mass is 35.5. The van der Waals surface area contributed by atoms with Crippen LogP contribution < -0.4 is 4.90 Å². The number of amides is 2. The lowest BCUT2D eigenvalue weighted by molar-refractivity contribution is -0.143. The average Bonchev–Trinajstić information content (AvgIpc) is 2.88. The highest BCUT2D eigenvalue weighted by Gasteiger charge is 2.47. The van der Waals surface area contributed by atoms with Gasteiger partial charge in [0.2, 0.25) is 5.91 Å². The van der Waals surface area contributed by atoms with Crippen molar-refractivity contribution in [2.75, 3.05) is 11.4 Å². The molecule has 4 nitrogen and oxygen atoms in total. The summed E-state index contributed by atoms with van der Waals surface area (Å²) in [5.41, 5.74) is 0.206. The standard InChI is InChI=1S/C14H13Cl2FN2O2/c1-7-13(20)18-4-2-3-11(18)14(21)19(7)12-9(15)5-8(17)6-10(12)16/h5-7,11H,2-4H2,1H3. The van der Waals surface area contributed by atoms with Crippen molar-refractivity contribution in [1.29, 1.82) is 0 Å². The molecule has 2 atom stereocenters. The number of hydrogen-bond donors (Lipinski definition) is 0. The van der Waals surface area contributed by atoms with E-state index in [2.05, 4.69) is 0 Å². The van der Waals surface area contributed by atoms with Crippen LogP contribution in [0.5, 0.6) is 0 Å². The van der Waals surface area contributed by atoms with Crippen LogP contribution in [0.15, 0.2) is 12.1 Å². The van der Waals surface area contributed by atoms with Crippen LogP contribution in [0.25, 0.3) is 0 Å². The number of rotatable bonds is 1. The molecule has 2 amide bonds. The quantitative estimate of drug-likeness (QED) is 0.794. The Balaban J connectivity index is 2.09. The van der Waals surface area contributed by atoms with Crippen molar-refractivity contribution in [3.63, 3.8) is 0 Å². The van der Waals surface area contributed by atoms with Gasteiger partial charge in [-0.15, -0.1) is 0 Å². The Labute approximate surface area is 131 Å². The summed E-state index contributed by atoms with van der Waals surface area (Å²) in [6.07, 6.45) is 1.43. The third-order valence-corrected chi connectivity index (χ3v) is 4.60. The minimum atomic E-state index is -0.702. The van der Waals surface area contributed by atoms with E-state index in [0.717, 1.165) is 18.6 Å². The summed E-state index contributed by atoms with van der Waals surface area (Å²) in [6.45, 7) is 2.23. The van der Waals surface area contributed by atoms with Crippen LogP contribution in [0.3, 0.4) is 0 Å². The molecule has 0 aliphatic carbocycles. The van der Waals surface area contributed by atoms with Gasteiger partial charge in [-0.1, -0.05) is 23.2 Å². The normalized spacial score (nSPS) is 25.5. The third-order valence-electron chi connectivity index (χ3n) is 4.03. The van der Waals surface area contributed by atoms with E-state index >= 15 is 0 Å². The highest BCUT2D eigenvalue weighted by molar-refractivity contribution is 6.40. The van der Waals surface area contributed by atoms with E-state index < -0.39 is 17.9 Å².